The van der Waals surface area contributed by atoms with Gasteiger partial charge in [0.15, 0.2) is 0 Å². The summed E-state index contributed by atoms with van der Waals surface area (Å²) in [6.45, 7) is 2.26. The lowest BCUT2D eigenvalue weighted by molar-refractivity contribution is 0.216. The van der Waals surface area contributed by atoms with Gasteiger partial charge in [-0.05, 0) is 25.2 Å². The summed E-state index contributed by atoms with van der Waals surface area (Å²) in [5.74, 6) is 0.481. The van der Waals surface area contributed by atoms with Crippen LogP contribution in [0.15, 0.2) is 24.3 Å². The lowest BCUT2D eigenvalue weighted by Crippen LogP contribution is -1.99. The molecule has 17 heavy (non-hydrogen) atoms. The average Bonchev–Trinajstić information content (AvgIpc) is 2.73. The molecule has 0 spiro atoms. The number of unbranched alkanes of at least 4 members (excludes halogenated alkanes) is 7. The molecule has 0 aromatic rings. The SMILES string of the molecule is CCCCCCCCC/C=C/[C@H]1C=C[C@H](O)C1. The highest BCUT2D eigenvalue weighted by Gasteiger charge is 2.12. The van der Waals surface area contributed by atoms with Gasteiger partial charge in [-0.3, -0.25) is 0 Å². The summed E-state index contributed by atoms with van der Waals surface area (Å²) in [5, 5.41) is 9.32. The number of aliphatic hydroxyl groups excluding tert-OH is 1. The molecule has 1 aliphatic rings. The second-order valence-corrected chi connectivity index (χ2v) is 5.19. The number of aliphatic hydroxyl groups is 1. The second-order valence-electron chi connectivity index (χ2n) is 5.19. The van der Waals surface area contributed by atoms with Crippen molar-refractivity contribution in [1.82, 2.24) is 0 Å². The highest BCUT2D eigenvalue weighted by Crippen LogP contribution is 2.19. The minimum atomic E-state index is -0.205. The molecule has 0 heterocycles. The van der Waals surface area contributed by atoms with E-state index >= 15 is 0 Å². The zero-order valence-electron chi connectivity index (χ0n) is 11.3. The quantitative estimate of drug-likeness (QED) is 0.457. The third kappa shape index (κ3) is 7.38. The normalized spacial score (nSPS) is 23.9. The molecule has 1 aliphatic carbocycles. The maximum absolute atomic E-state index is 9.32. The lowest BCUT2D eigenvalue weighted by Gasteiger charge is -2.02. The van der Waals surface area contributed by atoms with E-state index < -0.39 is 0 Å². The Morgan fingerprint density at radius 1 is 1.06 bits per heavy atom. The third-order valence-electron chi connectivity index (χ3n) is 3.45. The molecule has 0 aromatic carbocycles. The summed E-state index contributed by atoms with van der Waals surface area (Å²) >= 11 is 0. The Labute approximate surface area is 107 Å². The fourth-order valence-electron chi connectivity index (χ4n) is 2.34. The molecule has 1 N–H and O–H groups in total. The molecule has 0 amide bonds. The Morgan fingerprint density at radius 2 is 1.76 bits per heavy atom. The lowest BCUT2D eigenvalue weighted by atomic mass is 10.1. The van der Waals surface area contributed by atoms with Crippen LogP contribution < -0.4 is 0 Å². The zero-order chi connectivity index (χ0) is 12.3. The molecule has 2 atom stereocenters. The molecule has 0 aliphatic heterocycles. The third-order valence-corrected chi connectivity index (χ3v) is 3.45. The van der Waals surface area contributed by atoms with Crippen molar-refractivity contribution in [1.29, 1.82) is 0 Å². The molecule has 1 heteroatoms. The molecule has 0 saturated carbocycles. The van der Waals surface area contributed by atoms with Crippen molar-refractivity contribution in [2.75, 3.05) is 0 Å². The molecule has 0 unspecified atom stereocenters. The Hall–Kier alpha value is -0.560. The standard InChI is InChI=1S/C16H28O/c1-2-3-4-5-6-7-8-9-10-11-15-12-13-16(17)14-15/h10-13,15-17H,2-9,14H2,1H3/b11-10+/t15-,16-/m0/s1. The smallest absolute Gasteiger partial charge is 0.0729 e. The van der Waals surface area contributed by atoms with Gasteiger partial charge in [-0.15, -0.1) is 0 Å². The first-order valence-electron chi connectivity index (χ1n) is 7.36. The predicted molar refractivity (Wildman–Crippen MR) is 75.0 cm³/mol. The van der Waals surface area contributed by atoms with Gasteiger partial charge >= 0.3 is 0 Å². The van der Waals surface area contributed by atoms with E-state index in [0.29, 0.717) is 5.92 Å². The Balaban J connectivity index is 1.87. The first kappa shape index (κ1) is 14.5. The fourth-order valence-corrected chi connectivity index (χ4v) is 2.34. The molecule has 0 radical (unpaired) electrons. The van der Waals surface area contributed by atoms with Gasteiger partial charge in [0, 0.05) is 0 Å². The van der Waals surface area contributed by atoms with Crippen LogP contribution in [-0.2, 0) is 0 Å². The van der Waals surface area contributed by atoms with Crippen LogP contribution in [0.2, 0.25) is 0 Å². The van der Waals surface area contributed by atoms with Crippen LogP contribution in [0, 0.1) is 5.92 Å². The minimum Gasteiger partial charge on any atom is -0.389 e. The maximum atomic E-state index is 9.32. The highest BCUT2D eigenvalue weighted by molar-refractivity contribution is 5.09. The predicted octanol–water partition coefficient (Wildman–Crippen LogP) is 4.62. The molecule has 0 bridgehead atoms. The molecule has 1 rings (SSSR count). The van der Waals surface area contributed by atoms with Gasteiger partial charge in [0.05, 0.1) is 6.10 Å². The van der Waals surface area contributed by atoms with Crippen molar-refractivity contribution < 1.29 is 5.11 Å². The van der Waals surface area contributed by atoms with Gasteiger partial charge in [0.1, 0.15) is 0 Å². The molecule has 98 valence electrons. The summed E-state index contributed by atoms with van der Waals surface area (Å²) in [5.41, 5.74) is 0. The van der Waals surface area contributed by atoms with Crippen molar-refractivity contribution in [3.63, 3.8) is 0 Å². The van der Waals surface area contributed by atoms with E-state index in [0.717, 1.165) is 6.42 Å². The van der Waals surface area contributed by atoms with Crippen molar-refractivity contribution in [2.24, 2.45) is 5.92 Å². The van der Waals surface area contributed by atoms with E-state index in [4.69, 9.17) is 0 Å². The highest BCUT2D eigenvalue weighted by atomic mass is 16.3. The molecule has 0 fully saturated rings. The van der Waals surface area contributed by atoms with E-state index in [2.05, 4.69) is 25.2 Å². The first-order valence-corrected chi connectivity index (χ1v) is 7.36. The number of rotatable bonds is 9. The summed E-state index contributed by atoms with van der Waals surface area (Å²) in [7, 11) is 0. The first-order chi connectivity index (χ1) is 8.33. The van der Waals surface area contributed by atoms with Gasteiger partial charge in [-0.25, -0.2) is 0 Å². The molecule has 1 nitrogen and oxygen atoms in total. The van der Waals surface area contributed by atoms with E-state index in [1.54, 1.807) is 0 Å². The number of hydrogen-bond donors (Lipinski definition) is 1. The monoisotopic (exact) mass is 236 g/mol. The molecule has 0 saturated heterocycles. The Morgan fingerprint density at radius 3 is 2.41 bits per heavy atom. The van der Waals surface area contributed by atoms with Crippen LogP contribution in [0.1, 0.15) is 64.7 Å². The van der Waals surface area contributed by atoms with Crippen LogP contribution in [0.3, 0.4) is 0 Å². The van der Waals surface area contributed by atoms with Crippen LogP contribution in [0.25, 0.3) is 0 Å². The summed E-state index contributed by atoms with van der Waals surface area (Å²) < 4.78 is 0. The van der Waals surface area contributed by atoms with E-state index in [1.165, 1.54) is 51.4 Å². The largest absolute Gasteiger partial charge is 0.389 e. The zero-order valence-corrected chi connectivity index (χ0v) is 11.3. The molecule has 0 aromatic heterocycles. The van der Waals surface area contributed by atoms with Gasteiger partial charge in [-0.1, -0.05) is 69.8 Å². The van der Waals surface area contributed by atoms with Crippen LogP contribution in [0.5, 0.6) is 0 Å². The second kappa shape index (κ2) is 9.47. The van der Waals surface area contributed by atoms with Crippen LogP contribution in [0.4, 0.5) is 0 Å². The topological polar surface area (TPSA) is 20.2 Å². The van der Waals surface area contributed by atoms with Crippen molar-refractivity contribution >= 4 is 0 Å². The van der Waals surface area contributed by atoms with Crippen LogP contribution >= 0.6 is 0 Å². The number of allylic oxidation sites excluding steroid dienone is 3. The van der Waals surface area contributed by atoms with Crippen molar-refractivity contribution in [3.8, 4) is 0 Å². The van der Waals surface area contributed by atoms with E-state index in [9.17, 15) is 5.11 Å². The maximum Gasteiger partial charge on any atom is 0.0729 e. The van der Waals surface area contributed by atoms with Gasteiger partial charge < -0.3 is 5.11 Å². The van der Waals surface area contributed by atoms with Gasteiger partial charge in [0.2, 0.25) is 0 Å². The Kier molecular flexibility index (Phi) is 8.08. The van der Waals surface area contributed by atoms with Gasteiger partial charge in [0.25, 0.3) is 0 Å². The molecular weight excluding hydrogens is 208 g/mol. The van der Waals surface area contributed by atoms with E-state index in [-0.39, 0.29) is 6.10 Å². The fraction of sp³-hybridized carbons (Fsp3) is 0.750. The van der Waals surface area contributed by atoms with E-state index in [1.807, 2.05) is 6.08 Å². The summed E-state index contributed by atoms with van der Waals surface area (Å²) in [6, 6.07) is 0. The Bertz CT molecular complexity index is 230. The van der Waals surface area contributed by atoms with Gasteiger partial charge in [-0.2, -0.15) is 0 Å². The van der Waals surface area contributed by atoms with Crippen molar-refractivity contribution in [2.45, 2.75) is 70.8 Å². The summed E-state index contributed by atoms with van der Waals surface area (Å²) in [6.07, 6.45) is 20.1. The average molecular weight is 236 g/mol. The van der Waals surface area contributed by atoms with Crippen LogP contribution in [-0.4, -0.2) is 11.2 Å². The number of hydrogen-bond acceptors (Lipinski definition) is 1. The van der Waals surface area contributed by atoms with Crippen molar-refractivity contribution in [3.05, 3.63) is 24.3 Å². The summed E-state index contributed by atoms with van der Waals surface area (Å²) in [4.78, 5) is 0. The molecular formula is C16H28O. The minimum absolute atomic E-state index is 0.205.